The zero-order chi connectivity index (χ0) is 26.5. The molecule has 3 aromatic heterocycles. The summed E-state index contributed by atoms with van der Waals surface area (Å²) in [6.45, 7) is 16.5. The molecule has 0 fully saturated rings. The predicted molar refractivity (Wildman–Crippen MR) is 149 cm³/mol. The molecule has 0 aromatic carbocycles. The fourth-order valence-electron chi connectivity index (χ4n) is 3.80. The smallest absolute Gasteiger partial charge is 0.137 e. The zero-order valence-electron chi connectivity index (χ0n) is 22.5. The lowest BCUT2D eigenvalue weighted by atomic mass is 10.0. The van der Waals surface area contributed by atoms with Gasteiger partial charge >= 0.3 is 0 Å². The molecule has 7 nitrogen and oxygen atoms in total. The number of imidazole rings is 1. The van der Waals surface area contributed by atoms with E-state index in [0.29, 0.717) is 13.0 Å². The molecule has 0 spiro atoms. The summed E-state index contributed by atoms with van der Waals surface area (Å²) in [6.07, 6.45) is 13.5. The number of methoxy groups -OCH3 is 2. The Kier molecular flexibility index (Phi) is 11.7. The van der Waals surface area contributed by atoms with Gasteiger partial charge in [0.15, 0.2) is 0 Å². The predicted octanol–water partition coefficient (Wildman–Crippen LogP) is 7.01. The zero-order valence-corrected chi connectivity index (χ0v) is 22.5. The van der Waals surface area contributed by atoms with E-state index in [-0.39, 0.29) is 6.10 Å². The average molecular weight is 493 g/mol. The molecule has 3 heterocycles. The van der Waals surface area contributed by atoms with Gasteiger partial charge in [-0.3, -0.25) is 0 Å². The number of aromatic nitrogens is 4. The minimum Gasteiger partial charge on any atom is -0.498 e. The van der Waals surface area contributed by atoms with Crippen molar-refractivity contribution in [2.75, 3.05) is 14.2 Å². The summed E-state index contributed by atoms with van der Waals surface area (Å²) in [6, 6.07) is 1.98. The third-order valence-electron chi connectivity index (χ3n) is 5.45. The normalized spacial score (nSPS) is 12.3. The second-order valence-electron chi connectivity index (χ2n) is 7.95. The first-order valence-electron chi connectivity index (χ1n) is 12.4. The minimum atomic E-state index is -0.209. The maximum Gasteiger partial charge on any atom is 0.137 e. The summed E-state index contributed by atoms with van der Waals surface area (Å²) < 4.78 is 17.3. The van der Waals surface area contributed by atoms with E-state index < -0.39 is 0 Å². The van der Waals surface area contributed by atoms with Gasteiger partial charge in [-0.1, -0.05) is 46.4 Å². The van der Waals surface area contributed by atoms with Gasteiger partial charge in [0.1, 0.15) is 35.7 Å². The fraction of sp³-hybridized carbons (Fsp3) is 0.379. The minimum absolute atomic E-state index is 0.209. The van der Waals surface area contributed by atoms with Gasteiger partial charge < -0.3 is 24.2 Å². The highest BCUT2D eigenvalue weighted by atomic mass is 16.5. The van der Waals surface area contributed by atoms with Crippen molar-refractivity contribution in [2.45, 2.75) is 59.7 Å². The number of fused-ring (bicyclic) bond motifs is 1. The Morgan fingerprint density at radius 2 is 2.03 bits per heavy atom. The van der Waals surface area contributed by atoms with E-state index in [9.17, 15) is 0 Å². The molecule has 0 aliphatic rings. The van der Waals surface area contributed by atoms with Crippen LogP contribution >= 0.6 is 0 Å². The SMILES string of the molecule is C=Cc1nc(COC(CCC)/C(=C\C(=C)Cc2c[nH]c3ncc(OC)cc23)OC)[nH]c1/C=C\C.CC. The number of hydrogen-bond acceptors (Lipinski definition) is 5. The van der Waals surface area contributed by atoms with Crippen LogP contribution < -0.4 is 4.74 Å². The van der Waals surface area contributed by atoms with Gasteiger partial charge in [-0.05, 0) is 55.2 Å². The van der Waals surface area contributed by atoms with E-state index in [1.54, 1.807) is 26.5 Å². The molecule has 0 saturated carbocycles. The van der Waals surface area contributed by atoms with Crippen LogP contribution in [0.1, 0.15) is 63.3 Å². The summed E-state index contributed by atoms with van der Waals surface area (Å²) in [5.74, 6) is 2.21. The van der Waals surface area contributed by atoms with Crippen molar-refractivity contribution in [3.63, 3.8) is 0 Å². The van der Waals surface area contributed by atoms with Gasteiger partial charge in [0.2, 0.25) is 0 Å². The number of aromatic amines is 2. The third kappa shape index (κ3) is 7.46. The highest BCUT2D eigenvalue weighted by Crippen LogP contribution is 2.25. The number of ether oxygens (including phenoxy) is 3. The van der Waals surface area contributed by atoms with Crippen LogP contribution in [0.25, 0.3) is 23.2 Å². The van der Waals surface area contributed by atoms with Crippen LogP contribution in [0, 0.1) is 0 Å². The first-order valence-corrected chi connectivity index (χ1v) is 12.4. The van der Waals surface area contributed by atoms with Gasteiger partial charge in [0.25, 0.3) is 0 Å². The lowest BCUT2D eigenvalue weighted by Gasteiger charge is -2.19. The summed E-state index contributed by atoms with van der Waals surface area (Å²) in [5, 5.41) is 1.02. The van der Waals surface area contributed by atoms with Crippen LogP contribution in [0.3, 0.4) is 0 Å². The van der Waals surface area contributed by atoms with E-state index in [2.05, 4.69) is 40.0 Å². The Labute approximate surface area is 215 Å². The van der Waals surface area contributed by atoms with Gasteiger partial charge in [0, 0.05) is 11.6 Å². The Bertz CT molecular complexity index is 1190. The standard InChI is InChI=1S/C27H34N4O3.C2H6/c1-7-10-23-22(9-3)30-26(31-23)17-34-24(11-8-2)25(33-6)13-18(4)12-19-15-28-27-21(19)14-20(32-5)16-29-27;1-2/h7,9-10,13-16,24H,3-4,8,11-12,17H2,1-2,5-6H3,(H,28,29)(H,30,31);1-2H3/b10-7-,25-13+;. The largest absolute Gasteiger partial charge is 0.498 e. The molecule has 0 saturated heterocycles. The molecule has 0 amide bonds. The Balaban J connectivity index is 0.00000222. The first-order chi connectivity index (χ1) is 17.5. The molecule has 0 bridgehead atoms. The van der Waals surface area contributed by atoms with Gasteiger partial charge in [-0.2, -0.15) is 0 Å². The number of nitrogens with zero attached hydrogens (tertiary/aromatic N) is 2. The van der Waals surface area contributed by atoms with Crippen molar-refractivity contribution in [3.8, 4) is 5.75 Å². The van der Waals surface area contributed by atoms with Crippen molar-refractivity contribution >= 4 is 23.2 Å². The molecule has 0 aliphatic carbocycles. The quantitative estimate of drug-likeness (QED) is 0.198. The van der Waals surface area contributed by atoms with Gasteiger partial charge in [-0.15, -0.1) is 0 Å². The van der Waals surface area contributed by atoms with Gasteiger partial charge in [0.05, 0.1) is 31.8 Å². The second-order valence-corrected chi connectivity index (χ2v) is 7.95. The second kappa shape index (κ2) is 14.7. The molecular formula is C29H40N4O3. The van der Waals surface area contributed by atoms with Crippen LogP contribution in [0.2, 0.25) is 0 Å². The molecule has 1 unspecified atom stereocenters. The van der Waals surface area contributed by atoms with Crippen LogP contribution in [0.15, 0.2) is 55.1 Å². The molecule has 0 radical (unpaired) electrons. The molecule has 194 valence electrons. The van der Waals surface area contributed by atoms with Crippen LogP contribution in [-0.2, 0) is 22.5 Å². The van der Waals surface area contributed by atoms with Crippen LogP contribution in [-0.4, -0.2) is 40.3 Å². The topological polar surface area (TPSA) is 85.1 Å². The summed E-state index contributed by atoms with van der Waals surface area (Å²) in [4.78, 5) is 15.5. The van der Waals surface area contributed by atoms with E-state index in [4.69, 9.17) is 14.2 Å². The lowest BCUT2D eigenvalue weighted by molar-refractivity contribution is 0.0203. The number of H-pyrrole nitrogens is 2. The van der Waals surface area contributed by atoms with Crippen LogP contribution in [0.5, 0.6) is 5.75 Å². The lowest BCUT2D eigenvalue weighted by Crippen LogP contribution is -2.18. The molecule has 3 rings (SSSR count). The third-order valence-corrected chi connectivity index (χ3v) is 5.45. The maximum absolute atomic E-state index is 6.23. The molecule has 1 atom stereocenters. The molecule has 2 N–H and O–H groups in total. The van der Waals surface area contributed by atoms with Crippen molar-refractivity contribution in [3.05, 3.63) is 77.9 Å². The fourth-order valence-corrected chi connectivity index (χ4v) is 3.80. The summed E-state index contributed by atoms with van der Waals surface area (Å²) in [7, 11) is 3.30. The summed E-state index contributed by atoms with van der Waals surface area (Å²) in [5.41, 5.74) is 4.55. The Morgan fingerprint density at radius 3 is 2.67 bits per heavy atom. The molecule has 3 aromatic rings. The van der Waals surface area contributed by atoms with Crippen molar-refractivity contribution in [1.82, 2.24) is 19.9 Å². The Hall–Kier alpha value is -3.58. The van der Waals surface area contributed by atoms with Gasteiger partial charge in [-0.25, -0.2) is 9.97 Å². The highest BCUT2D eigenvalue weighted by molar-refractivity contribution is 5.81. The monoisotopic (exact) mass is 492 g/mol. The average Bonchev–Trinajstić information content (AvgIpc) is 3.49. The number of rotatable bonds is 13. The van der Waals surface area contributed by atoms with Crippen molar-refractivity contribution < 1.29 is 14.2 Å². The number of hydrogen-bond donors (Lipinski definition) is 2. The molecule has 36 heavy (non-hydrogen) atoms. The summed E-state index contributed by atoms with van der Waals surface area (Å²) >= 11 is 0. The van der Waals surface area contributed by atoms with Crippen LogP contribution in [0.4, 0.5) is 0 Å². The maximum atomic E-state index is 6.23. The first kappa shape index (κ1) is 28.7. The number of allylic oxidation sites excluding steroid dienone is 3. The van der Waals surface area contributed by atoms with E-state index >= 15 is 0 Å². The van der Waals surface area contributed by atoms with Crippen molar-refractivity contribution in [2.24, 2.45) is 0 Å². The Morgan fingerprint density at radius 1 is 1.25 bits per heavy atom. The molecule has 0 aliphatic heterocycles. The van der Waals surface area contributed by atoms with E-state index in [0.717, 1.165) is 63.7 Å². The number of pyridine rings is 1. The van der Waals surface area contributed by atoms with E-state index in [1.165, 1.54) is 0 Å². The number of nitrogens with one attached hydrogen (secondary N) is 2. The van der Waals surface area contributed by atoms with E-state index in [1.807, 2.05) is 51.3 Å². The van der Waals surface area contributed by atoms with Crippen molar-refractivity contribution in [1.29, 1.82) is 0 Å². The molecule has 7 heteroatoms. The molecular weight excluding hydrogens is 452 g/mol. The highest BCUT2D eigenvalue weighted by Gasteiger charge is 2.18.